The molecule has 8 aromatic rings. The zero-order valence-corrected chi connectivity index (χ0v) is 69.7. The Bertz CT molecular complexity index is 5190. The van der Waals surface area contributed by atoms with E-state index in [1.54, 1.807) is 26.5 Å². The molecule has 6 aromatic carbocycles. The molecule has 4 saturated carbocycles. The van der Waals surface area contributed by atoms with Gasteiger partial charge >= 0.3 is 35.8 Å². The smallest absolute Gasteiger partial charge is 0.324 e. The van der Waals surface area contributed by atoms with Crippen molar-refractivity contribution in [3.05, 3.63) is 232 Å². The SMILES string of the molecule is COC(=O)C(Br)c1ccc(F)cc1Cl.COC(=O)C1CC1(C(=O)OC)c1ccc(F)cc1Cl.COC(=O)Cc1ccc(F)cc1Cl.COCc1nnc(N2CC3CC3(c3ccc(F)cc3Cl)C2)n1-c1ccc(OC)nc1.O=C(O)C1CC1(C(=O)O)c1ccc(F)cc1Cl.O=C1CCC(=O)N1Br.O=C1NC(=O)C2(c3ccc(F)cc3Cl)CC12. The quantitative estimate of drug-likeness (QED) is 0.0190. The number of halogens is 14. The Labute approximate surface area is 709 Å². The van der Waals surface area contributed by atoms with Crippen molar-refractivity contribution in [2.45, 2.75) is 78.0 Å². The van der Waals surface area contributed by atoms with Crippen LogP contribution in [0.2, 0.25) is 30.1 Å². The molecule has 15 rings (SSSR count). The number of carbonyl (C=O) groups excluding carboxylic acids is 8. The molecule has 0 bridgehead atoms. The van der Waals surface area contributed by atoms with Crippen LogP contribution in [0.1, 0.15) is 82.6 Å². The first kappa shape index (κ1) is 91.4. The number of aliphatic carboxylic acids is 2. The zero-order valence-electron chi connectivity index (χ0n) is 62.0. The topological polar surface area (TPSA) is 329 Å². The van der Waals surface area contributed by atoms with Gasteiger partial charge in [0.25, 0.3) is 0 Å². The van der Waals surface area contributed by atoms with E-state index in [1.165, 1.54) is 101 Å². The summed E-state index contributed by atoms with van der Waals surface area (Å²) in [5, 5.41) is 30.2. The van der Waals surface area contributed by atoms with E-state index in [2.05, 4.69) is 71.7 Å². The Balaban J connectivity index is 0.000000161. The van der Waals surface area contributed by atoms with E-state index in [-0.39, 0.29) is 90.7 Å². The molecule has 4 aliphatic carbocycles. The fourth-order valence-electron chi connectivity index (χ4n) is 13.8. The number of nitrogens with zero attached hydrogens (tertiary/aromatic N) is 6. The lowest BCUT2D eigenvalue weighted by Gasteiger charge is -2.23. The Hall–Kier alpha value is -9.45. The predicted octanol–water partition coefficient (Wildman–Crippen LogP) is 14.5. The Kier molecular flexibility index (Phi) is 30.1. The number of hydrogen-bond donors (Lipinski definition) is 3. The van der Waals surface area contributed by atoms with Crippen molar-refractivity contribution in [2.75, 3.05) is 60.6 Å². The van der Waals surface area contributed by atoms with Gasteiger partial charge in [-0.1, -0.05) is 122 Å². The van der Waals surface area contributed by atoms with E-state index >= 15 is 0 Å². The lowest BCUT2D eigenvalue weighted by atomic mass is 9.93. The summed E-state index contributed by atoms with van der Waals surface area (Å²) >= 11 is 41.4. The van der Waals surface area contributed by atoms with Crippen LogP contribution in [0, 0.1) is 58.6 Å². The maximum Gasteiger partial charge on any atom is 0.324 e. The number of rotatable bonds is 17. The van der Waals surface area contributed by atoms with Gasteiger partial charge in [-0.15, -0.1) is 10.2 Å². The fourth-order valence-corrected chi connectivity index (χ4v) is 16.7. The molecule has 3 saturated heterocycles. The van der Waals surface area contributed by atoms with Crippen LogP contribution in [0.4, 0.5) is 32.3 Å². The van der Waals surface area contributed by atoms with Crippen LogP contribution in [0.25, 0.3) is 5.69 Å². The van der Waals surface area contributed by atoms with Crippen molar-refractivity contribution in [2.24, 2.45) is 23.7 Å². The van der Waals surface area contributed by atoms with Crippen molar-refractivity contribution in [1.82, 2.24) is 29.0 Å². The molecule has 2 aromatic heterocycles. The molecular formula is C78H67Br2Cl6F6N7O18. The molecule has 7 fully saturated rings. The molecule has 0 radical (unpaired) electrons. The average Bonchev–Trinajstić information content (AvgIpc) is 1.56. The Morgan fingerprint density at radius 2 is 1.10 bits per heavy atom. The number of ether oxygens (including phenoxy) is 6. The summed E-state index contributed by atoms with van der Waals surface area (Å²) in [5.74, 6) is -7.56. The third kappa shape index (κ3) is 20.1. The number of amides is 4. The van der Waals surface area contributed by atoms with Gasteiger partial charge in [0, 0.05) is 74.7 Å². The highest BCUT2D eigenvalue weighted by molar-refractivity contribution is 9.09. The van der Waals surface area contributed by atoms with E-state index in [0.29, 0.717) is 70.8 Å². The summed E-state index contributed by atoms with van der Waals surface area (Å²) in [7, 11) is 8.25. The summed E-state index contributed by atoms with van der Waals surface area (Å²) in [5.41, 5.74) is 0.397. The van der Waals surface area contributed by atoms with E-state index in [4.69, 9.17) is 94.0 Å². The lowest BCUT2D eigenvalue weighted by Crippen LogP contribution is -2.30. The molecule has 0 spiro atoms. The van der Waals surface area contributed by atoms with Crippen LogP contribution >= 0.6 is 102 Å². The minimum Gasteiger partial charge on any atom is -0.481 e. The van der Waals surface area contributed by atoms with Gasteiger partial charge in [-0.3, -0.25) is 57.8 Å². The monoisotopic (exact) mass is 1870 g/mol. The van der Waals surface area contributed by atoms with Gasteiger partial charge in [0.2, 0.25) is 35.5 Å². The summed E-state index contributed by atoms with van der Waals surface area (Å²) < 4.78 is 109. The van der Waals surface area contributed by atoms with Gasteiger partial charge in [-0.25, -0.2) is 35.3 Å². The zero-order chi connectivity index (χ0) is 86.1. The van der Waals surface area contributed by atoms with Gasteiger partial charge in [-0.2, -0.15) is 0 Å². The fraction of sp³-hybridized carbons (Fsp3) is 0.321. The molecule has 9 atom stereocenters. The van der Waals surface area contributed by atoms with Crippen LogP contribution in [0.5, 0.6) is 5.88 Å². The largest absolute Gasteiger partial charge is 0.481 e. The highest BCUT2D eigenvalue weighted by Gasteiger charge is 2.71. The Morgan fingerprint density at radius 3 is 1.52 bits per heavy atom. The van der Waals surface area contributed by atoms with E-state index < -0.39 is 97.8 Å². The van der Waals surface area contributed by atoms with Crippen molar-refractivity contribution in [1.29, 1.82) is 0 Å². The van der Waals surface area contributed by atoms with Crippen LogP contribution in [0.15, 0.2) is 128 Å². The summed E-state index contributed by atoms with van der Waals surface area (Å²) in [4.78, 5) is 117. The predicted molar refractivity (Wildman–Crippen MR) is 418 cm³/mol. The Morgan fingerprint density at radius 1 is 0.590 bits per heavy atom. The summed E-state index contributed by atoms with van der Waals surface area (Å²) in [6.45, 7) is 1.91. The maximum atomic E-state index is 13.5. The van der Waals surface area contributed by atoms with E-state index in [0.717, 1.165) is 71.0 Å². The molecule has 5 heterocycles. The number of alkyl halides is 1. The number of hydrogen-bond acceptors (Lipinski definition) is 20. The first-order valence-electron chi connectivity index (χ1n) is 34.6. The second kappa shape index (κ2) is 38.5. The molecule has 25 nitrogen and oxygen atoms in total. The first-order chi connectivity index (χ1) is 55.4. The number of carboxylic acids is 2. The molecule has 3 N–H and O–H groups in total. The highest BCUT2D eigenvalue weighted by atomic mass is 79.9. The third-order valence-electron chi connectivity index (χ3n) is 20.1. The minimum atomic E-state index is -1.52. The number of pyridine rings is 1. The number of aromatic nitrogens is 4. The number of methoxy groups -OCH3 is 6. The van der Waals surface area contributed by atoms with Gasteiger partial charge in [-0.05, 0) is 144 Å². The summed E-state index contributed by atoms with van der Waals surface area (Å²) in [6, 6.07) is 27.0. The lowest BCUT2D eigenvalue weighted by molar-refractivity contribution is -0.149. The molecule has 7 aliphatic rings. The van der Waals surface area contributed by atoms with E-state index in [9.17, 15) is 74.3 Å². The second-order valence-corrected chi connectivity index (χ2v) is 31.0. The second-order valence-electron chi connectivity index (χ2n) is 26.9. The van der Waals surface area contributed by atoms with Crippen LogP contribution < -0.4 is 15.0 Å². The molecule has 4 amide bonds. The minimum absolute atomic E-state index is 0.0248. The first-order valence-corrected chi connectivity index (χ1v) is 38.5. The standard InChI is InChI=1S/C21H21ClFN5O2.C13H12ClFO4.C11H7ClFNO2.C11H8ClFO4.C9H7BrClFO2.C9H8ClFO2.C4H4BrNO2/c1-29-11-18-25-26-20(28(18)15-4-6-19(30-2)24-9-15)27-10-13-8-21(13,12-27)16-5-3-14(23)7-17(16)22;1-18-11(16)9-6-13(9,12(17)19-2)8-4-3-7(15)5-10(8)14;12-8-3-5(13)1-2-6(8)11-4-7(11)9(15)14-10(11)16;12-8-3-5(13)1-2-6(8)11(10(16)17)4-7(11)9(14)15;1-14-9(13)8(10)6-3-2-5(12)4-7(6)11;1-13-9(12)4-6-2-3-7(11)5-8(6)10;5-6-3(7)1-2-4(6)8/h3-7,9,13H,8,10-12H2,1-2H3;3-5,9H,6H2,1-2H3;1-3,7H,4H2,(H,14,15,16);1-3,7H,4H2,(H,14,15)(H,16,17);2-4,8H,1H3;2-3,5H,4H2,1H3;1-2H2. The van der Waals surface area contributed by atoms with Crippen molar-refractivity contribution < 1.29 is 113 Å². The molecule has 620 valence electrons. The van der Waals surface area contributed by atoms with Gasteiger partial charge in [0.15, 0.2) is 5.82 Å². The third-order valence-corrected chi connectivity index (χ3v) is 23.7. The number of carbonyl (C=O) groups is 10. The highest BCUT2D eigenvalue weighted by Crippen LogP contribution is 2.62. The summed E-state index contributed by atoms with van der Waals surface area (Å²) in [6.07, 6.45) is 4.24. The molecule has 117 heavy (non-hydrogen) atoms. The van der Waals surface area contributed by atoms with E-state index in [1.807, 2.05) is 16.7 Å². The number of carboxylic acid groups (broad SMARTS) is 2. The van der Waals surface area contributed by atoms with Gasteiger partial charge < -0.3 is 43.5 Å². The van der Waals surface area contributed by atoms with Crippen molar-refractivity contribution >= 4 is 167 Å². The number of esters is 4. The number of imide groups is 2. The van der Waals surface area contributed by atoms with Crippen molar-refractivity contribution in [3.8, 4) is 11.6 Å². The normalized spacial score (nSPS) is 21.8. The molecular weight excluding hydrogens is 1810 g/mol. The number of fused-ring (bicyclic) bond motifs is 2. The number of benzene rings is 6. The maximum absolute atomic E-state index is 13.5. The average molecular weight is 1880 g/mol. The molecule has 39 heteroatoms. The van der Waals surface area contributed by atoms with Crippen LogP contribution in [0.3, 0.4) is 0 Å². The number of piperidine rings is 2. The molecule has 9 unspecified atom stereocenters. The van der Waals surface area contributed by atoms with Crippen LogP contribution in [-0.4, -0.2) is 149 Å². The number of nitrogens with one attached hydrogen (secondary N) is 1. The number of anilines is 1. The molecule has 3 aliphatic heterocycles. The van der Waals surface area contributed by atoms with Gasteiger partial charge in [0.05, 0.1) is 93.2 Å². The van der Waals surface area contributed by atoms with Gasteiger partial charge in [0.1, 0.15) is 57.2 Å². The van der Waals surface area contributed by atoms with Crippen LogP contribution in [-0.2, 0) is 106 Å². The van der Waals surface area contributed by atoms with Crippen molar-refractivity contribution in [3.63, 3.8) is 0 Å².